The van der Waals surface area contributed by atoms with Crippen LogP contribution in [-0.4, -0.2) is 55.4 Å². The summed E-state index contributed by atoms with van der Waals surface area (Å²) in [5, 5.41) is 0.768. The predicted octanol–water partition coefficient (Wildman–Crippen LogP) is 2.01. The molecule has 0 N–H and O–H groups in total. The molecule has 1 saturated heterocycles. The first-order valence-corrected chi connectivity index (χ1v) is 10.3. The molecule has 140 valence electrons. The molecule has 1 fully saturated rings. The lowest BCUT2D eigenvalue weighted by atomic mass is 10.2. The first-order chi connectivity index (χ1) is 12.3. The van der Waals surface area contributed by atoms with Crippen molar-refractivity contribution < 1.29 is 27.2 Å². The second kappa shape index (κ2) is 7.11. The summed E-state index contributed by atoms with van der Waals surface area (Å²) >= 11 is 0. The Morgan fingerprint density at radius 3 is 2.69 bits per heavy atom. The molecule has 0 spiro atoms. The summed E-state index contributed by atoms with van der Waals surface area (Å²) < 4.78 is 34.0. The van der Waals surface area contributed by atoms with Crippen LogP contribution in [0.25, 0.3) is 11.0 Å². The topological polar surface area (TPSA) is 93.9 Å². The Kier molecular flexibility index (Phi) is 5.04. The van der Waals surface area contributed by atoms with Crippen LogP contribution < -0.4 is 0 Å². The molecule has 7 nitrogen and oxygen atoms in total. The number of sulfone groups is 1. The van der Waals surface area contributed by atoms with Gasteiger partial charge in [-0.1, -0.05) is 18.2 Å². The second-order valence-electron chi connectivity index (χ2n) is 6.38. The smallest absolute Gasteiger partial charge is 0.375 e. The van der Waals surface area contributed by atoms with E-state index in [4.69, 9.17) is 9.15 Å². The largest absolute Gasteiger partial charge is 0.449 e. The van der Waals surface area contributed by atoms with E-state index in [9.17, 15) is 18.0 Å². The lowest BCUT2D eigenvalue weighted by Gasteiger charge is -2.29. The fourth-order valence-corrected chi connectivity index (χ4v) is 4.93. The van der Waals surface area contributed by atoms with Crippen LogP contribution in [0.4, 0.5) is 0 Å². The number of benzene rings is 1. The minimum absolute atomic E-state index is 0.0253. The molecule has 3 rings (SSSR count). The molecular weight excluding hydrogens is 358 g/mol. The van der Waals surface area contributed by atoms with Crippen molar-refractivity contribution >= 4 is 32.7 Å². The van der Waals surface area contributed by atoms with E-state index in [0.717, 1.165) is 5.39 Å². The number of hydrogen-bond donors (Lipinski definition) is 0. The standard InChI is InChI=1S/C18H21NO6S/c1-3-19(14-8-9-26(22,23)11-14)17(20)12(2)24-18(21)16-10-13-6-4-5-7-15(13)25-16/h4-7,10,12,14H,3,8-9,11H2,1-2H3/t12-,14+/m1/s1. The summed E-state index contributed by atoms with van der Waals surface area (Å²) in [6, 6.07) is 8.36. The molecule has 1 aliphatic rings. The predicted molar refractivity (Wildman–Crippen MR) is 95.5 cm³/mol. The van der Waals surface area contributed by atoms with E-state index in [1.165, 1.54) is 11.8 Å². The lowest BCUT2D eigenvalue weighted by Crippen LogP contribution is -2.46. The highest BCUT2D eigenvalue weighted by Crippen LogP contribution is 2.21. The zero-order valence-electron chi connectivity index (χ0n) is 14.7. The van der Waals surface area contributed by atoms with Crippen molar-refractivity contribution in [3.63, 3.8) is 0 Å². The van der Waals surface area contributed by atoms with Gasteiger partial charge in [-0.25, -0.2) is 13.2 Å². The molecule has 2 atom stereocenters. The van der Waals surface area contributed by atoms with Gasteiger partial charge in [0, 0.05) is 18.0 Å². The molecule has 1 aromatic heterocycles. The highest BCUT2D eigenvalue weighted by molar-refractivity contribution is 7.91. The molecule has 8 heteroatoms. The van der Waals surface area contributed by atoms with Gasteiger partial charge >= 0.3 is 5.97 Å². The molecular formula is C18H21NO6S. The Hall–Kier alpha value is -2.35. The van der Waals surface area contributed by atoms with E-state index in [1.54, 1.807) is 25.1 Å². The summed E-state index contributed by atoms with van der Waals surface area (Å²) in [7, 11) is -3.11. The van der Waals surface area contributed by atoms with Crippen LogP contribution in [-0.2, 0) is 19.4 Å². The summed E-state index contributed by atoms with van der Waals surface area (Å²) in [4.78, 5) is 26.4. The first kappa shape index (κ1) is 18.4. The molecule has 0 bridgehead atoms. The molecule has 1 aliphatic heterocycles. The van der Waals surface area contributed by atoms with Crippen LogP contribution in [0.2, 0.25) is 0 Å². The van der Waals surface area contributed by atoms with Crippen LogP contribution in [0.1, 0.15) is 30.8 Å². The quantitative estimate of drug-likeness (QED) is 0.738. The van der Waals surface area contributed by atoms with Gasteiger partial charge in [0.05, 0.1) is 11.5 Å². The number of nitrogens with zero attached hydrogens (tertiary/aromatic N) is 1. The number of hydrogen-bond acceptors (Lipinski definition) is 6. The van der Waals surface area contributed by atoms with E-state index < -0.39 is 27.8 Å². The van der Waals surface area contributed by atoms with Gasteiger partial charge in [0.25, 0.3) is 5.91 Å². The monoisotopic (exact) mass is 379 g/mol. The van der Waals surface area contributed by atoms with Gasteiger partial charge in [-0.05, 0) is 32.4 Å². The van der Waals surface area contributed by atoms with Crippen LogP contribution in [0.3, 0.4) is 0 Å². The summed E-state index contributed by atoms with van der Waals surface area (Å²) in [5.41, 5.74) is 0.560. The number of para-hydroxylation sites is 1. The summed E-state index contributed by atoms with van der Waals surface area (Å²) in [5.74, 6) is -1.07. The average Bonchev–Trinajstić information content (AvgIpc) is 3.18. The Morgan fingerprint density at radius 1 is 1.35 bits per heavy atom. The number of rotatable bonds is 5. The van der Waals surface area contributed by atoms with Gasteiger partial charge in [-0.2, -0.15) is 0 Å². The number of carbonyl (C=O) groups excluding carboxylic acids is 2. The number of furan rings is 1. The molecule has 2 heterocycles. The van der Waals surface area contributed by atoms with Gasteiger partial charge < -0.3 is 14.1 Å². The first-order valence-electron chi connectivity index (χ1n) is 8.51. The zero-order chi connectivity index (χ0) is 18.9. The molecule has 26 heavy (non-hydrogen) atoms. The van der Waals surface area contributed by atoms with E-state index in [0.29, 0.717) is 18.5 Å². The molecule has 0 unspecified atom stereocenters. The van der Waals surface area contributed by atoms with E-state index in [1.807, 2.05) is 12.1 Å². The molecule has 0 saturated carbocycles. The SMILES string of the molecule is CCN(C(=O)[C@@H](C)OC(=O)c1cc2ccccc2o1)[C@H]1CCS(=O)(=O)C1. The second-order valence-corrected chi connectivity index (χ2v) is 8.61. The van der Waals surface area contributed by atoms with Crippen LogP contribution in [0.5, 0.6) is 0 Å². The van der Waals surface area contributed by atoms with E-state index in [-0.39, 0.29) is 23.3 Å². The maximum absolute atomic E-state index is 12.6. The molecule has 1 aromatic carbocycles. The van der Waals surface area contributed by atoms with Gasteiger partial charge in [-0.15, -0.1) is 0 Å². The highest BCUT2D eigenvalue weighted by Gasteiger charge is 2.36. The van der Waals surface area contributed by atoms with Gasteiger partial charge in [0.1, 0.15) is 5.58 Å². The molecule has 1 amide bonds. The van der Waals surface area contributed by atoms with Crippen molar-refractivity contribution in [2.45, 2.75) is 32.4 Å². The number of fused-ring (bicyclic) bond motifs is 1. The lowest BCUT2D eigenvalue weighted by molar-refractivity contribution is -0.141. The van der Waals surface area contributed by atoms with Crippen molar-refractivity contribution in [2.75, 3.05) is 18.1 Å². The number of likely N-dealkylation sites (N-methyl/N-ethyl adjacent to an activating group) is 1. The van der Waals surface area contributed by atoms with Crippen molar-refractivity contribution in [2.24, 2.45) is 0 Å². The Labute approximate surface area is 151 Å². The minimum atomic E-state index is -3.11. The number of amides is 1. The minimum Gasteiger partial charge on any atom is -0.449 e. The maximum Gasteiger partial charge on any atom is 0.375 e. The molecule has 0 aliphatic carbocycles. The Morgan fingerprint density at radius 2 is 2.08 bits per heavy atom. The molecule has 2 aromatic rings. The van der Waals surface area contributed by atoms with Crippen LogP contribution >= 0.6 is 0 Å². The van der Waals surface area contributed by atoms with E-state index >= 15 is 0 Å². The van der Waals surface area contributed by atoms with Gasteiger partial charge in [0.2, 0.25) is 5.76 Å². The number of carbonyl (C=O) groups is 2. The summed E-state index contributed by atoms with van der Waals surface area (Å²) in [6.07, 6.45) is -0.620. The van der Waals surface area contributed by atoms with Crippen LogP contribution in [0.15, 0.2) is 34.7 Å². The fourth-order valence-electron chi connectivity index (χ4n) is 3.20. The number of ether oxygens (including phenoxy) is 1. The summed E-state index contributed by atoms with van der Waals surface area (Å²) in [6.45, 7) is 3.61. The number of esters is 1. The Bertz CT molecular complexity index is 899. The third-order valence-corrected chi connectivity index (χ3v) is 6.28. The highest BCUT2D eigenvalue weighted by atomic mass is 32.2. The van der Waals surface area contributed by atoms with Gasteiger partial charge in [0.15, 0.2) is 15.9 Å². The van der Waals surface area contributed by atoms with Crippen molar-refractivity contribution in [1.29, 1.82) is 0 Å². The Balaban J connectivity index is 1.68. The van der Waals surface area contributed by atoms with Gasteiger partial charge in [-0.3, -0.25) is 4.79 Å². The van der Waals surface area contributed by atoms with Crippen molar-refractivity contribution in [3.8, 4) is 0 Å². The third kappa shape index (κ3) is 3.75. The van der Waals surface area contributed by atoms with Crippen LogP contribution in [0, 0.1) is 0 Å². The van der Waals surface area contributed by atoms with E-state index in [2.05, 4.69) is 0 Å². The average molecular weight is 379 g/mol. The normalized spacial score (nSPS) is 20.0. The molecule has 0 radical (unpaired) electrons. The third-order valence-electron chi connectivity index (χ3n) is 4.53. The fraction of sp³-hybridized carbons (Fsp3) is 0.444. The van der Waals surface area contributed by atoms with Crippen molar-refractivity contribution in [3.05, 3.63) is 36.1 Å². The maximum atomic E-state index is 12.6. The van der Waals surface area contributed by atoms with Crippen molar-refractivity contribution in [1.82, 2.24) is 4.90 Å². The zero-order valence-corrected chi connectivity index (χ0v) is 15.5.